The third kappa shape index (κ3) is 74.3. The van der Waals surface area contributed by atoms with Gasteiger partial charge >= 0.3 is 39.5 Å². The minimum atomic E-state index is -4.96. The number of unbranched alkanes of at least 4 members (excludes halogenated alkanes) is 53. The van der Waals surface area contributed by atoms with Crippen molar-refractivity contribution in [2.24, 2.45) is 5.92 Å². The van der Waals surface area contributed by atoms with Gasteiger partial charge in [0, 0.05) is 25.7 Å². The average Bonchev–Trinajstić information content (AvgIpc) is 0.950. The quantitative estimate of drug-likeness (QED) is 0.0222. The lowest BCUT2D eigenvalue weighted by Gasteiger charge is -2.21. The van der Waals surface area contributed by atoms with Crippen LogP contribution in [0.3, 0.4) is 0 Å². The SMILES string of the molecule is CCCCCCCCCCCCCCCCCCCCCCCCC(=O)O[C@H](COC(=O)CCCCCCCCCCCCCCCCCCCC)COP(=O)(O)OC[C@@H](O)COP(=O)(O)OC[C@@H](COC(=O)CCCCCCCCCCC)OC(=O)CCCCCCCCCCC(C)C. The molecule has 0 aliphatic heterocycles. The lowest BCUT2D eigenvalue weighted by molar-refractivity contribution is -0.161. The number of hydrogen-bond acceptors (Lipinski definition) is 15. The van der Waals surface area contributed by atoms with Gasteiger partial charge in [0.05, 0.1) is 26.4 Å². The largest absolute Gasteiger partial charge is 0.472 e. The Morgan fingerprint density at radius 1 is 0.270 bits per heavy atom. The molecule has 5 atom stereocenters. The number of ether oxygens (including phenoxy) is 4. The highest BCUT2D eigenvalue weighted by molar-refractivity contribution is 7.47. The van der Waals surface area contributed by atoms with Crippen LogP contribution in [0.4, 0.5) is 0 Å². The summed E-state index contributed by atoms with van der Waals surface area (Å²) in [5.41, 5.74) is 0. The first-order chi connectivity index (χ1) is 48.5. The van der Waals surface area contributed by atoms with Crippen molar-refractivity contribution in [3.05, 3.63) is 0 Å². The molecule has 0 aromatic carbocycles. The fourth-order valence-electron chi connectivity index (χ4n) is 12.6. The van der Waals surface area contributed by atoms with Crippen LogP contribution in [0.25, 0.3) is 0 Å². The van der Waals surface area contributed by atoms with Crippen LogP contribution in [0, 0.1) is 5.92 Å². The molecule has 0 aliphatic rings. The first-order valence-electron chi connectivity index (χ1n) is 42.1. The molecule has 0 radical (unpaired) electrons. The Bertz CT molecular complexity index is 1910. The molecule has 0 heterocycles. The van der Waals surface area contributed by atoms with Gasteiger partial charge in [0.2, 0.25) is 0 Å². The second kappa shape index (κ2) is 73.9. The highest BCUT2D eigenvalue weighted by Crippen LogP contribution is 2.45. The molecule has 0 rings (SSSR count). The maximum absolute atomic E-state index is 13.1. The van der Waals surface area contributed by atoms with Crippen molar-refractivity contribution >= 4 is 39.5 Å². The molecule has 3 N–H and O–H groups in total. The number of carbonyl (C=O) groups is 4. The van der Waals surface area contributed by atoms with Gasteiger partial charge in [0.25, 0.3) is 0 Å². The smallest absolute Gasteiger partial charge is 0.462 e. The van der Waals surface area contributed by atoms with E-state index in [1.54, 1.807) is 0 Å². The monoisotopic (exact) mass is 1470 g/mol. The van der Waals surface area contributed by atoms with Crippen molar-refractivity contribution in [3.63, 3.8) is 0 Å². The number of aliphatic hydroxyl groups excluding tert-OH is 1. The highest BCUT2D eigenvalue weighted by Gasteiger charge is 2.30. The summed E-state index contributed by atoms with van der Waals surface area (Å²) >= 11 is 0. The molecule has 0 aromatic rings. The van der Waals surface area contributed by atoms with Gasteiger partial charge in [-0.3, -0.25) is 37.3 Å². The summed E-state index contributed by atoms with van der Waals surface area (Å²) in [6.45, 7) is 7.26. The first kappa shape index (κ1) is 98.1. The molecule has 0 saturated heterocycles. The summed E-state index contributed by atoms with van der Waals surface area (Å²) in [6.07, 6.45) is 65.5. The molecule has 594 valence electrons. The van der Waals surface area contributed by atoms with Gasteiger partial charge < -0.3 is 33.8 Å². The summed E-state index contributed by atoms with van der Waals surface area (Å²) in [6, 6.07) is 0. The van der Waals surface area contributed by atoms with E-state index in [1.807, 2.05) is 0 Å². The van der Waals surface area contributed by atoms with E-state index in [2.05, 4.69) is 34.6 Å². The molecule has 0 spiro atoms. The average molecular weight is 1470 g/mol. The minimum absolute atomic E-state index is 0.105. The van der Waals surface area contributed by atoms with E-state index in [1.165, 1.54) is 257 Å². The summed E-state index contributed by atoms with van der Waals surface area (Å²) in [5.74, 6) is -1.39. The van der Waals surface area contributed by atoms with E-state index in [-0.39, 0.29) is 25.7 Å². The molecule has 0 aromatic heterocycles. The van der Waals surface area contributed by atoms with Gasteiger partial charge in [-0.25, -0.2) is 9.13 Å². The predicted molar refractivity (Wildman–Crippen MR) is 409 cm³/mol. The number of hydrogen-bond donors (Lipinski definition) is 3. The van der Waals surface area contributed by atoms with Gasteiger partial charge in [-0.2, -0.15) is 0 Å². The third-order valence-corrected chi connectivity index (χ3v) is 20.9. The Labute approximate surface area is 613 Å². The number of aliphatic hydroxyl groups is 1. The summed E-state index contributed by atoms with van der Waals surface area (Å²) < 4.78 is 68.6. The Morgan fingerprint density at radius 2 is 0.460 bits per heavy atom. The van der Waals surface area contributed by atoms with Crippen LogP contribution >= 0.6 is 15.6 Å². The van der Waals surface area contributed by atoms with E-state index in [0.717, 1.165) is 95.8 Å². The molecule has 0 aliphatic carbocycles. The van der Waals surface area contributed by atoms with Crippen LogP contribution in [0.15, 0.2) is 0 Å². The fourth-order valence-corrected chi connectivity index (χ4v) is 14.2. The van der Waals surface area contributed by atoms with Gasteiger partial charge in [-0.05, 0) is 31.6 Å². The molecule has 100 heavy (non-hydrogen) atoms. The van der Waals surface area contributed by atoms with Gasteiger partial charge in [0.15, 0.2) is 12.2 Å². The van der Waals surface area contributed by atoms with E-state index in [0.29, 0.717) is 25.7 Å². The fraction of sp³-hybridized carbons (Fsp3) is 0.951. The molecule has 0 saturated carbocycles. The number of phosphoric acid groups is 2. The van der Waals surface area contributed by atoms with Crippen LogP contribution < -0.4 is 0 Å². The number of phosphoric ester groups is 2. The Kier molecular flexibility index (Phi) is 72.5. The Balaban J connectivity index is 5.18. The summed E-state index contributed by atoms with van der Waals surface area (Å²) in [7, 11) is -9.91. The van der Waals surface area contributed by atoms with Crippen LogP contribution in [0.1, 0.15) is 433 Å². The summed E-state index contributed by atoms with van der Waals surface area (Å²) in [5, 5.41) is 10.6. The number of rotatable bonds is 81. The molecule has 0 fully saturated rings. The van der Waals surface area contributed by atoms with E-state index < -0.39 is 97.5 Å². The van der Waals surface area contributed by atoms with Crippen LogP contribution in [-0.2, 0) is 65.4 Å². The maximum Gasteiger partial charge on any atom is 0.472 e. The van der Waals surface area contributed by atoms with Gasteiger partial charge in [-0.1, -0.05) is 381 Å². The Morgan fingerprint density at radius 3 is 0.680 bits per heavy atom. The van der Waals surface area contributed by atoms with Crippen molar-refractivity contribution in [1.29, 1.82) is 0 Å². The zero-order valence-corrected chi connectivity index (χ0v) is 67.1. The molecule has 19 heteroatoms. The lowest BCUT2D eigenvalue weighted by atomic mass is 10.0. The van der Waals surface area contributed by atoms with Crippen LogP contribution in [0.5, 0.6) is 0 Å². The topological polar surface area (TPSA) is 237 Å². The maximum atomic E-state index is 13.1. The van der Waals surface area contributed by atoms with Gasteiger partial charge in [-0.15, -0.1) is 0 Å². The molecule has 2 unspecified atom stereocenters. The zero-order valence-electron chi connectivity index (χ0n) is 65.3. The number of esters is 4. The van der Waals surface area contributed by atoms with Crippen molar-refractivity contribution in [3.8, 4) is 0 Å². The predicted octanol–water partition coefficient (Wildman–Crippen LogP) is 24.4. The highest BCUT2D eigenvalue weighted by atomic mass is 31.2. The molecule has 17 nitrogen and oxygen atoms in total. The van der Waals surface area contributed by atoms with Gasteiger partial charge in [0.1, 0.15) is 19.3 Å². The number of carbonyl (C=O) groups excluding carboxylic acids is 4. The first-order valence-corrected chi connectivity index (χ1v) is 45.1. The van der Waals surface area contributed by atoms with E-state index in [9.17, 15) is 43.2 Å². The zero-order chi connectivity index (χ0) is 73.4. The van der Waals surface area contributed by atoms with Crippen LogP contribution in [0.2, 0.25) is 0 Å². The van der Waals surface area contributed by atoms with Crippen molar-refractivity contribution in [2.75, 3.05) is 39.6 Å². The second-order valence-electron chi connectivity index (χ2n) is 29.6. The molecule has 0 amide bonds. The normalized spacial score (nSPS) is 13.8. The van der Waals surface area contributed by atoms with E-state index in [4.69, 9.17) is 37.0 Å². The molecule has 0 bridgehead atoms. The standard InChI is InChI=1S/C81H158O17P2/c1-6-9-12-15-18-21-23-25-27-29-31-32-33-34-36-38-40-42-45-51-56-61-66-80(85)97-76(71-92-79(84)65-60-55-50-44-41-39-37-35-30-28-26-24-22-19-16-13-10-7-2)72-95-99(87,88)93-68-75(82)69-94-100(89,90)96-73-77(70-91-78(83)64-59-54-49-43-20-17-14-11-8-3)98-81(86)67-62-57-52-47-46-48-53-58-63-74(4)5/h74-77,82H,6-73H2,1-5H3,(H,87,88)(H,89,90)/t75-,76-,77-/m1/s1. The van der Waals surface area contributed by atoms with E-state index >= 15 is 0 Å². The van der Waals surface area contributed by atoms with Crippen molar-refractivity contribution in [2.45, 2.75) is 451 Å². The third-order valence-electron chi connectivity index (χ3n) is 19.0. The lowest BCUT2D eigenvalue weighted by Crippen LogP contribution is -2.30. The second-order valence-corrected chi connectivity index (χ2v) is 32.5. The van der Waals surface area contributed by atoms with Crippen molar-refractivity contribution in [1.82, 2.24) is 0 Å². The Hall–Kier alpha value is -1.94. The molecular formula is C81H158O17P2. The summed E-state index contributed by atoms with van der Waals surface area (Å²) in [4.78, 5) is 72.9. The molecular weight excluding hydrogens is 1310 g/mol. The van der Waals surface area contributed by atoms with Crippen LogP contribution in [-0.4, -0.2) is 96.7 Å². The minimum Gasteiger partial charge on any atom is -0.462 e. The van der Waals surface area contributed by atoms with Crippen molar-refractivity contribution < 1.29 is 80.2 Å².